The van der Waals surface area contributed by atoms with Gasteiger partial charge in [-0.15, -0.1) is 0 Å². The summed E-state index contributed by atoms with van der Waals surface area (Å²) >= 11 is 0. The summed E-state index contributed by atoms with van der Waals surface area (Å²) in [5, 5.41) is 0. The molecule has 3 heteroatoms. The molecule has 2 N–H and O–H groups in total. The van der Waals surface area contributed by atoms with Gasteiger partial charge in [0.1, 0.15) is 0 Å². The fraction of sp³-hybridized carbons (Fsp3) is 0.632. The van der Waals surface area contributed by atoms with Crippen LogP contribution in [0, 0.1) is 5.92 Å². The Labute approximate surface area is 134 Å². The maximum atomic E-state index is 12.5. The molecule has 2 unspecified atom stereocenters. The lowest BCUT2D eigenvalue weighted by Gasteiger charge is -2.23. The van der Waals surface area contributed by atoms with Crippen LogP contribution in [0.3, 0.4) is 0 Å². The first-order chi connectivity index (χ1) is 10.4. The molecule has 0 fully saturated rings. The van der Waals surface area contributed by atoms with Crippen molar-refractivity contribution in [2.75, 3.05) is 4.90 Å². The lowest BCUT2D eigenvalue weighted by molar-refractivity contribution is -0.119. The van der Waals surface area contributed by atoms with Gasteiger partial charge >= 0.3 is 0 Å². The standard InChI is InChI=1S/C19H30N2O/c1-5-6-17(20)12-15-7-8-18-16(11-15)10-14(4)21(18)19(22)9-13(2)3/h7-8,11,13-14,17H,5-6,9-10,12,20H2,1-4H3. The third-order valence-electron chi connectivity index (χ3n) is 4.37. The summed E-state index contributed by atoms with van der Waals surface area (Å²) in [6.45, 7) is 8.50. The van der Waals surface area contributed by atoms with E-state index >= 15 is 0 Å². The Bertz CT molecular complexity index is 524. The second kappa shape index (κ2) is 7.28. The Morgan fingerprint density at radius 2 is 2.14 bits per heavy atom. The van der Waals surface area contributed by atoms with Crippen molar-refractivity contribution >= 4 is 11.6 Å². The molecule has 122 valence electrons. The summed E-state index contributed by atoms with van der Waals surface area (Å²) in [7, 11) is 0. The third kappa shape index (κ3) is 3.89. The predicted molar refractivity (Wildman–Crippen MR) is 93.1 cm³/mol. The largest absolute Gasteiger partial charge is 0.327 e. The maximum absolute atomic E-state index is 12.5. The normalized spacial score (nSPS) is 18.6. The van der Waals surface area contributed by atoms with Gasteiger partial charge in [0.25, 0.3) is 0 Å². The zero-order valence-electron chi connectivity index (χ0n) is 14.4. The van der Waals surface area contributed by atoms with Gasteiger partial charge in [0.2, 0.25) is 5.91 Å². The van der Waals surface area contributed by atoms with Gasteiger partial charge in [-0.2, -0.15) is 0 Å². The van der Waals surface area contributed by atoms with E-state index in [2.05, 4.69) is 45.9 Å². The van der Waals surface area contributed by atoms with Crippen LogP contribution in [0.5, 0.6) is 0 Å². The average Bonchev–Trinajstić information content (AvgIpc) is 2.73. The van der Waals surface area contributed by atoms with Gasteiger partial charge in [-0.1, -0.05) is 39.3 Å². The fourth-order valence-electron chi connectivity index (χ4n) is 3.41. The molecule has 1 aliphatic rings. The quantitative estimate of drug-likeness (QED) is 0.871. The molecule has 0 bridgehead atoms. The number of fused-ring (bicyclic) bond motifs is 1. The highest BCUT2D eigenvalue weighted by atomic mass is 16.2. The number of carbonyl (C=O) groups is 1. The number of rotatable bonds is 6. The maximum Gasteiger partial charge on any atom is 0.227 e. The molecule has 1 aromatic carbocycles. The van der Waals surface area contributed by atoms with E-state index in [-0.39, 0.29) is 18.0 Å². The van der Waals surface area contributed by atoms with Crippen molar-refractivity contribution in [3.63, 3.8) is 0 Å². The first kappa shape index (κ1) is 17.0. The molecule has 0 saturated heterocycles. The highest BCUT2D eigenvalue weighted by Crippen LogP contribution is 2.34. The summed E-state index contributed by atoms with van der Waals surface area (Å²) in [4.78, 5) is 14.5. The van der Waals surface area contributed by atoms with Crippen molar-refractivity contribution in [3.8, 4) is 0 Å². The van der Waals surface area contributed by atoms with Crippen LogP contribution < -0.4 is 10.6 Å². The molecular formula is C19H30N2O. The first-order valence-electron chi connectivity index (χ1n) is 8.61. The monoisotopic (exact) mass is 302 g/mol. The molecule has 1 heterocycles. The summed E-state index contributed by atoms with van der Waals surface area (Å²) in [6, 6.07) is 7.01. The van der Waals surface area contributed by atoms with Crippen LogP contribution in [0.15, 0.2) is 18.2 Å². The lowest BCUT2D eigenvalue weighted by Crippen LogP contribution is -2.36. The molecule has 0 aromatic heterocycles. The molecule has 2 atom stereocenters. The van der Waals surface area contributed by atoms with Crippen LogP contribution in [0.2, 0.25) is 0 Å². The Morgan fingerprint density at radius 1 is 1.41 bits per heavy atom. The van der Waals surface area contributed by atoms with Gasteiger partial charge in [-0.25, -0.2) is 0 Å². The van der Waals surface area contributed by atoms with Crippen LogP contribution >= 0.6 is 0 Å². The van der Waals surface area contributed by atoms with E-state index in [1.807, 2.05) is 4.90 Å². The van der Waals surface area contributed by atoms with E-state index in [1.165, 1.54) is 11.1 Å². The number of hydrogen-bond acceptors (Lipinski definition) is 2. The Morgan fingerprint density at radius 3 is 2.77 bits per heavy atom. The lowest BCUT2D eigenvalue weighted by atomic mass is 10.00. The topological polar surface area (TPSA) is 46.3 Å². The van der Waals surface area contributed by atoms with Crippen molar-refractivity contribution in [1.82, 2.24) is 0 Å². The second-order valence-electron chi connectivity index (χ2n) is 7.13. The zero-order valence-corrected chi connectivity index (χ0v) is 14.4. The Kier molecular flexibility index (Phi) is 5.63. The van der Waals surface area contributed by atoms with Crippen molar-refractivity contribution in [3.05, 3.63) is 29.3 Å². The molecule has 1 amide bonds. The van der Waals surface area contributed by atoms with Crippen LogP contribution in [0.1, 0.15) is 58.1 Å². The molecule has 1 aromatic rings. The highest BCUT2D eigenvalue weighted by Gasteiger charge is 2.31. The molecule has 22 heavy (non-hydrogen) atoms. The van der Waals surface area contributed by atoms with Crippen LogP contribution in [-0.2, 0) is 17.6 Å². The zero-order chi connectivity index (χ0) is 16.3. The first-order valence-corrected chi connectivity index (χ1v) is 8.61. The Balaban J connectivity index is 2.15. The Hall–Kier alpha value is -1.35. The van der Waals surface area contributed by atoms with E-state index in [4.69, 9.17) is 5.73 Å². The highest BCUT2D eigenvalue weighted by molar-refractivity contribution is 5.96. The van der Waals surface area contributed by atoms with E-state index in [1.54, 1.807) is 0 Å². The number of nitrogens with two attached hydrogens (primary N) is 1. The van der Waals surface area contributed by atoms with Gasteiger partial charge in [-0.05, 0) is 49.3 Å². The predicted octanol–water partition coefficient (Wildman–Crippen LogP) is 3.68. The van der Waals surface area contributed by atoms with E-state index < -0.39 is 0 Å². The molecule has 0 aliphatic carbocycles. The van der Waals surface area contributed by atoms with Crippen molar-refractivity contribution in [1.29, 1.82) is 0 Å². The van der Waals surface area contributed by atoms with Crippen LogP contribution in [0.4, 0.5) is 5.69 Å². The van der Waals surface area contributed by atoms with Gasteiger partial charge in [-0.3, -0.25) is 4.79 Å². The van der Waals surface area contributed by atoms with Crippen molar-refractivity contribution in [2.45, 2.75) is 71.9 Å². The molecular weight excluding hydrogens is 272 g/mol. The van der Waals surface area contributed by atoms with Crippen molar-refractivity contribution in [2.24, 2.45) is 11.7 Å². The summed E-state index contributed by atoms with van der Waals surface area (Å²) in [5.41, 5.74) is 9.85. The number of anilines is 1. The second-order valence-corrected chi connectivity index (χ2v) is 7.13. The van der Waals surface area contributed by atoms with E-state index in [9.17, 15) is 4.79 Å². The number of nitrogens with zero attached hydrogens (tertiary/aromatic N) is 1. The SMILES string of the molecule is CCCC(N)Cc1ccc2c(c1)CC(C)N2C(=O)CC(C)C. The smallest absolute Gasteiger partial charge is 0.227 e. The average molecular weight is 302 g/mol. The van der Waals surface area contributed by atoms with Gasteiger partial charge in [0, 0.05) is 24.2 Å². The van der Waals surface area contributed by atoms with E-state index in [0.717, 1.165) is 31.4 Å². The van der Waals surface area contributed by atoms with Crippen LogP contribution in [-0.4, -0.2) is 18.0 Å². The fourth-order valence-corrected chi connectivity index (χ4v) is 3.41. The summed E-state index contributed by atoms with van der Waals surface area (Å²) in [5.74, 6) is 0.645. The molecule has 0 radical (unpaired) electrons. The van der Waals surface area contributed by atoms with Gasteiger partial charge in [0.05, 0.1) is 0 Å². The minimum atomic E-state index is 0.237. The number of hydrogen-bond donors (Lipinski definition) is 1. The van der Waals surface area contributed by atoms with Crippen molar-refractivity contribution < 1.29 is 4.79 Å². The summed E-state index contributed by atoms with van der Waals surface area (Å²) in [6.07, 6.45) is 4.69. The minimum Gasteiger partial charge on any atom is -0.327 e. The molecule has 0 spiro atoms. The number of amides is 1. The molecule has 1 aliphatic heterocycles. The molecule has 2 rings (SSSR count). The van der Waals surface area contributed by atoms with Crippen LogP contribution in [0.25, 0.3) is 0 Å². The number of benzene rings is 1. The summed E-state index contributed by atoms with van der Waals surface area (Å²) < 4.78 is 0. The third-order valence-corrected chi connectivity index (χ3v) is 4.37. The molecule has 0 saturated carbocycles. The van der Waals surface area contributed by atoms with Gasteiger partial charge < -0.3 is 10.6 Å². The molecule has 3 nitrogen and oxygen atoms in total. The van der Waals surface area contributed by atoms with Gasteiger partial charge in [0.15, 0.2) is 0 Å². The van der Waals surface area contributed by atoms with E-state index in [0.29, 0.717) is 12.3 Å². The number of carbonyl (C=O) groups excluding carboxylic acids is 1. The minimum absolute atomic E-state index is 0.237.